The Morgan fingerprint density at radius 3 is 2.55 bits per heavy atom. The van der Waals surface area contributed by atoms with Crippen LogP contribution in [0.2, 0.25) is 0 Å². The van der Waals surface area contributed by atoms with Gasteiger partial charge in [0.2, 0.25) is 5.75 Å². The molecular formula is C9H7F3N2O6. The Kier molecular flexibility index (Phi) is 4.32. The SMILES string of the molecule is CCOC(=O)c1cc(OC(F)(F)F)c([N+](=O)[O-])[nH]c1=O. The number of hydrogen-bond donors (Lipinski definition) is 1. The number of alkyl halides is 3. The highest BCUT2D eigenvalue weighted by atomic mass is 19.4. The molecule has 0 aromatic carbocycles. The molecule has 0 aliphatic carbocycles. The quantitative estimate of drug-likeness (QED) is 0.510. The standard InChI is InChI=1S/C9H7F3N2O6/c1-2-19-8(16)4-3-5(20-9(10,11)12)6(14(17)18)13-7(4)15/h3H,2H2,1H3,(H,13,15). The topological polar surface area (TPSA) is 112 Å². The van der Waals surface area contributed by atoms with E-state index in [1.54, 1.807) is 0 Å². The minimum absolute atomic E-state index is 0.134. The summed E-state index contributed by atoms with van der Waals surface area (Å²) in [5.41, 5.74) is -2.10. The summed E-state index contributed by atoms with van der Waals surface area (Å²) in [6.45, 7) is 1.27. The van der Waals surface area contributed by atoms with Crippen molar-refractivity contribution in [1.82, 2.24) is 4.98 Å². The summed E-state index contributed by atoms with van der Waals surface area (Å²) in [5.74, 6) is -3.86. The number of aromatic nitrogens is 1. The number of nitrogens with one attached hydrogen (secondary N) is 1. The fourth-order valence-electron chi connectivity index (χ4n) is 1.20. The van der Waals surface area contributed by atoms with Gasteiger partial charge in [0.15, 0.2) is 5.56 Å². The Balaban J connectivity index is 3.38. The van der Waals surface area contributed by atoms with Crippen LogP contribution in [0.15, 0.2) is 10.9 Å². The van der Waals surface area contributed by atoms with Gasteiger partial charge in [-0.3, -0.25) is 0 Å². The van der Waals surface area contributed by atoms with Crippen LogP contribution in [-0.2, 0) is 4.74 Å². The van der Waals surface area contributed by atoms with Gasteiger partial charge in [-0.15, -0.1) is 13.2 Å². The van der Waals surface area contributed by atoms with E-state index >= 15 is 0 Å². The van der Waals surface area contributed by atoms with E-state index in [0.717, 1.165) is 0 Å². The molecule has 0 saturated heterocycles. The third kappa shape index (κ3) is 3.70. The molecule has 1 heterocycles. The molecule has 0 bridgehead atoms. The molecular weight excluding hydrogens is 289 g/mol. The zero-order chi connectivity index (χ0) is 15.5. The van der Waals surface area contributed by atoms with Gasteiger partial charge < -0.3 is 19.6 Å². The van der Waals surface area contributed by atoms with Crippen molar-refractivity contribution in [3.63, 3.8) is 0 Å². The number of carbonyl (C=O) groups is 1. The maximum atomic E-state index is 12.1. The minimum atomic E-state index is -5.23. The van der Waals surface area contributed by atoms with Gasteiger partial charge in [-0.25, -0.2) is 9.59 Å². The first-order valence-electron chi connectivity index (χ1n) is 5.00. The van der Waals surface area contributed by atoms with Crippen molar-refractivity contribution < 1.29 is 32.4 Å². The maximum absolute atomic E-state index is 12.1. The highest BCUT2D eigenvalue weighted by molar-refractivity contribution is 5.89. The average molecular weight is 296 g/mol. The first-order chi connectivity index (χ1) is 9.15. The van der Waals surface area contributed by atoms with Crippen LogP contribution < -0.4 is 10.3 Å². The van der Waals surface area contributed by atoms with Crippen LogP contribution in [-0.4, -0.2) is 28.8 Å². The van der Waals surface area contributed by atoms with Crippen LogP contribution in [0, 0.1) is 10.1 Å². The smallest absolute Gasteiger partial charge is 0.462 e. The molecule has 0 fully saturated rings. The number of nitrogens with zero attached hydrogens (tertiary/aromatic N) is 1. The number of pyridine rings is 1. The van der Waals surface area contributed by atoms with Crippen LogP contribution in [0.4, 0.5) is 19.0 Å². The lowest BCUT2D eigenvalue weighted by Crippen LogP contribution is -2.24. The van der Waals surface area contributed by atoms with Crippen LogP contribution >= 0.6 is 0 Å². The first-order valence-corrected chi connectivity index (χ1v) is 5.00. The Hall–Kier alpha value is -2.59. The van der Waals surface area contributed by atoms with Crippen molar-refractivity contribution in [2.45, 2.75) is 13.3 Å². The van der Waals surface area contributed by atoms with Crippen molar-refractivity contribution in [2.75, 3.05) is 6.61 Å². The Labute approximate surface area is 108 Å². The number of carbonyl (C=O) groups excluding carboxylic acids is 1. The number of esters is 1. The summed E-state index contributed by atoms with van der Waals surface area (Å²) in [6.07, 6.45) is -5.23. The third-order valence-electron chi connectivity index (χ3n) is 1.89. The van der Waals surface area contributed by atoms with Crippen molar-refractivity contribution in [1.29, 1.82) is 0 Å². The zero-order valence-corrected chi connectivity index (χ0v) is 9.82. The van der Waals surface area contributed by atoms with Gasteiger partial charge in [-0.2, -0.15) is 4.98 Å². The summed E-state index contributed by atoms with van der Waals surface area (Å²) in [6, 6.07) is 0.308. The molecule has 11 heteroatoms. The number of aromatic amines is 1. The summed E-state index contributed by atoms with van der Waals surface area (Å²) < 4.78 is 44.2. The predicted molar refractivity (Wildman–Crippen MR) is 56.4 cm³/mol. The highest BCUT2D eigenvalue weighted by Gasteiger charge is 2.35. The van der Waals surface area contributed by atoms with Crippen LogP contribution in [0.1, 0.15) is 17.3 Å². The molecule has 1 aromatic rings. The summed E-state index contributed by atoms with van der Waals surface area (Å²) >= 11 is 0. The van der Waals surface area contributed by atoms with E-state index in [1.165, 1.54) is 11.9 Å². The molecule has 0 aliphatic rings. The van der Waals surface area contributed by atoms with Crippen molar-refractivity contribution in [2.24, 2.45) is 0 Å². The van der Waals surface area contributed by atoms with Crippen molar-refractivity contribution >= 4 is 11.8 Å². The Morgan fingerprint density at radius 2 is 2.10 bits per heavy atom. The maximum Gasteiger partial charge on any atom is 0.573 e. The first kappa shape index (κ1) is 15.5. The second-order valence-corrected chi connectivity index (χ2v) is 3.25. The number of ether oxygens (including phenoxy) is 2. The number of halogens is 3. The van der Waals surface area contributed by atoms with E-state index in [0.29, 0.717) is 6.07 Å². The molecule has 110 valence electrons. The number of rotatable bonds is 4. The van der Waals surface area contributed by atoms with E-state index in [4.69, 9.17) is 0 Å². The second kappa shape index (κ2) is 5.59. The minimum Gasteiger partial charge on any atom is -0.462 e. The summed E-state index contributed by atoms with van der Waals surface area (Å²) in [4.78, 5) is 33.5. The van der Waals surface area contributed by atoms with Gasteiger partial charge in [0.1, 0.15) is 0 Å². The monoisotopic (exact) mass is 296 g/mol. The lowest BCUT2D eigenvalue weighted by molar-refractivity contribution is -0.393. The van der Waals surface area contributed by atoms with Crippen LogP contribution in [0.5, 0.6) is 5.75 Å². The Bertz CT molecular complexity index is 594. The third-order valence-corrected chi connectivity index (χ3v) is 1.89. The summed E-state index contributed by atoms with van der Waals surface area (Å²) in [5, 5.41) is 10.5. The molecule has 8 nitrogen and oxygen atoms in total. The molecule has 1 aromatic heterocycles. The lowest BCUT2D eigenvalue weighted by atomic mass is 10.2. The van der Waals surface area contributed by atoms with Gasteiger partial charge in [-0.1, -0.05) is 0 Å². The van der Waals surface area contributed by atoms with Crippen LogP contribution in [0.3, 0.4) is 0 Å². The van der Waals surface area contributed by atoms with Crippen LogP contribution in [0.25, 0.3) is 0 Å². The molecule has 1 N–H and O–H groups in total. The fraction of sp³-hybridized carbons (Fsp3) is 0.333. The molecule has 0 aliphatic heterocycles. The number of hydrogen-bond acceptors (Lipinski definition) is 6. The molecule has 0 spiro atoms. The fourth-order valence-corrected chi connectivity index (χ4v) is 1.20. The van der Waals surface area contributed by atoms with E-state index in [9.17, 15) is 32.9 Å². The Morgan fingerprint density at radius 1 is 1.50 bits per heavy atom. The van der Waals surface area contributed by atoms with Gasteiger partial charge in [0, 0.05) is 6.07 Å². The van der Waals surface area contributed by atoms with E-state index in [-0.39, 0.29) is 6.61 Å². The van der Waals surface area contributed by atoms with Gasteiger partial charge in [0.25, 0.3) is 0 Å². The van der Waals surface area contributed by atoms with E-state index in [1.807, 2.05) is 0 Å². The normalized spacial score (nSPS) is 11.0. The molecule has 1 rings (SSSR count). The lowest BCUT2D eigenvalue weighted by Gasteiger charge is -2.10. The van der Waals surface area contributed by atoms with E-state index in [2.05, 4.69) is 9.47 Å². The molecule has 0 radical (unpaired) electrons. The highest BCUT2D eigenvalue weighted by Crippen LogP contribution is 2.29. The van der Waals surface area contributed by atoms with Gasteiger partial charge in [0.05, 0.1) is 6.61 Å². The molecule has 0 unspecified atom stereocenters. The molecule has 20 heavy (non-hydrogen) atoms. The van der Waals surface area contributed by atoms with Gasteiger partial charge in [-0.05, 0) is 11.8 Å². The molecule has 0 saturated carbocycles. The number of H-pyrrole nitrogens is 1. The summed E-state index contributed by atoms with van der Waals surface area (Å²) in [7, 11) is 0. The van der Waals surface area contributed by atoms with Gasteiger partial charge >= 0.3 is 23.7 Å². The molecule has 0 atom stereocenters. The molecule has 0 amide bonds. The predicted octanol–water partition coefficient (Wildman–Crippen LogP) is 1.36. The zero-order valence-electron chi connectivity index (χ0n) is 9.82. The largest absolute Gasteiger partial charge is 0.573 e. The van der Waals surface area contributed by atoms with Crippen molar-refractivity contribution in [3.05, 3.63) is 32.1 Å². The number of nitro groups is 1. The second-order valence-electron chi connectivity index (χ2n) is 3.25. The van der Waals surface area contributed by atoms with E-state index < -0.39 is 39.9 Å². The van der Waals surface area contributed by atoms with Crippen molar-refractivity contribution in [3.8, 4) is 5.75 Å². The average Bonchev–Trinajstić information content (AvgIpc) is 2.29.